The number of hydrogen-bond acceptors (Lipinski definition) is 2. The number of unbranched alkanes of at least 4 members (excludes halogenated alkanes) is 5. The number of ether oxygens (including phenoxy) is 2. The van der Waals surface area contributed by atoms with Crippen molar-refractivity contribution >= 4 is 0 Å². The van der Waals surface area contributed by atoms with Gasteiger partial charge in [0.05, 0.1) is 25.4 Å². The molecular weight excluding hydrogens is 356 g/mol. The van der Waals surface area contributed by atoms with Crippen LogP contribution in [-0.2, 0) is 9.47 Å². The van der Waals surface area contributed by atoms with Gasteiger partial charge in [-0.2, -0.15) is 0 Å². The van der Waals surface area contributed by atoms with Crippen LogP contribution in [0, 0.1) is 22.3 Å². The molecule has 4 rings (SSSR count). The zero-order chi connectivity index (χ0) is 20.3. The van der Waals surface area contributed by atoms with Gasteiger partial charge in [0, 0.05) is 0 Å². The Morgan fingerprint density at radius 1 is 0.690 bits per heavy atom. The lowest BCUT2D eigenvalue weighted by Gasteiger charge is -2.38. The van der Waals surface area contributed by atoms with Crippen LogP contribution in [0.2, 0.25) is 0 Å². The molecule has 1 saturated heterocycles. The maximum atomic E-state index is 6.20. The molecule has 164 valence electrons. The Kier molecular flexibility index (Phi) is 10.0. The first-order valence-electron chi connectivity index (χ1n) is 12.6. The topological polar surface area (TPSA) is 18.5 Å². The highest BCUT2D eigenvalue weighted by Crippen LogP contribution is 2.35. The summed E-state index contributed by atoms with van der Waals surface area (Å²) in [5.41, 5.74) is 0. The van der Waals surface area contributed by atoms with Gasteiger partial charge in [0.1, 0.15) is 0 Å². The molecule has 2 nitrogen and oxygen atoms in total. The first-order chi connectivity index (χ1) is 14.3. The molecular formula is C27H44O2. The number of hydrogen-bond donors (Lipinski definition) is 0. The summed E-state index contributed by atoms with van der Waals surface area (Å²) in [6.07, 6.45) is 18.5. The summed E-state index contributed by atoms with van der Waals surface area (Å²) < 4.78 is 12.3. The quantitative estimate of drug-likeness (QED) is 0.386. The van der Waals surface area contributed by atoms with Crippen LogP contribution in [0.25, 0.3) is 0 Å². The second kappa shape index (κ2) is 12.7. The SMILES string of the molecule is CCCCCCCC1COC(C2CCC(CCCC)CC2)CO1.c1cc2ccc1=2. The average Bonchev–Trinajstić information content (AvgIpc) is 2.76. The summed E-state index contributed by atoms with van der Waals surface area (Å²) in [4.78, 5) is 0. The van der Waals surface area contributed by atoms with Crippen LogP contribution >= 0.6 is 0 Å². The Bertz CT molecular complexity index is 588. The Hall–Kier alpha value is -0.860. The van der Waals surface area contributed by atoms with Crippen LogP contribution in [0.4, 0.5) is 0 Å². The Morgan fingerprint density at radius 2 is 1.34 bits per heavy atom. The summed E-state index contributed by atoms with van der Waals surface area (Å²) in [6, 6.07) is 8.48. The smallest absolute Gasteiger partial charge is 0.0838 e. The molecule has 3 aliphatic carbocycles. The van der Waals surface area contributed by atoms with Crippen molar-refractivity contribution in [2.24, 2.45) is 11.8 Å². The van der Waals surface area contributed by atoms with Gasteiger partial charge < -0.3 is 9.47 Å². The van der Waals surface area contributed by atoms with E-state index in [1.807, 2.05) is 0 Å². The molecule has 0 spiro atoms. The molecule has 1 heterocycles. The van der Waals surface area contributed by atoms with E-state index in [0.717, 1.165) is 25.0 Å². The lowest BCUT2D eigenvalue weighted by Crippen LogP contribution is -2.41. The van der Waals surface area contributed by atoms with Crippen molar-refractivity contribution in [3.05, 3.63) is 34.7 Å². The van der Waals surface area contributed by atoms with Crippen molar-refractivity contribution in [3.63, 3.8) is 0 Å². The lowest BCUT2D eigenvalue weighted by molar-refractivity contribution is -0.157. The van der Waals surface area contributed by atoms with Crippen molar-refractivity contribution in [3.8, 4) is 0 Å². The minimum atomic E-state index is 0.369. The molecule has 2 fully saturated rings. The molecule has 1 aliphatic heterocycles. The van der Waals surface area contributed by atoms with Crippen molar-refractivity contribution in [1.29, 1.82) is 0 Å². The first kappa shape index (κ1) is 22.8. The van der Waals surface area contributed by atoms with Gasteiger partial charge in [-0.15, -0.1) is 0 Å². The average molecular weight is 401 g/mol. The van der Waals surface area contributed by atoms with Crippen molar-refractivity contribution < 1.29 is 9.47 Å². The summed E-state index contributed by atoms with van der Waals surface area (Å²) in [7, 11) is 0. The fourth-order valence-corrected chi connectivity index (χ4v) is 4.98. The third-order valence-corrected chi connectivity index (χ3v) is 7.22. The van der Waals surface area contributed by atoms with E-state index in [4.69, 9.17) is 9.47 Å². The van der Waals surface area contributed by atoms with Crippen LogP contribution in [0.3, 0.4) is 0 Å². The fraction of sp³-hybridized carbons (Fsp3) is 0.778. The largest absolute Gasteiger partial charge is 0.373 e. The van der Waals surface area contributed by atoms with Crippen LogP contribution in [0.5, 0.6) is 0 Å². The summed E-state index contributed by atoms with van der Waals surface area (Å²) >= 11 is 0. The molecule has 0 amide bonds. The van der Waals surface area contributed by atoms with Crippen LogP contribution in [-0.4, -0.2) is 25.4 Å². The molecule has 29 heavy (non-hydrogen) atoms. The molecule has 0 radical (unpaired) electrons. The predicted molar refractivity (Wildman–Crippen MR) is 122 cm³/mol. The Labute approximate surface area is 179 Å². The molecule has 0 bridgehead atoms. The molecule has 2 atom stereocenters. The third-order valence-electron chi connectivity index (χ3n) is 7.22. The Morgan fingerprint density at radius 3 is 1.86 bits per heavy atom. The molecule has 4 aliphatic rings. The van der Waals surface area contributed by atoms with Crippen molar-refractivity contribution in [2.75, 3.05) is 13.2 Å². The van der Waals surface area contributed by atoms with Gasteiger partial charge in [0.15, 0.2) is 0 Å². The summed E-state index contributed by atoms with van der Waals surface area (Å²) in [6.45, 7) is 6.27. The predicted octanol–water partition coefficient (Wildman–Crippen LogP) is 7.41. The van der Waals surface area contributed by atoms with Gasteiger partial charge in [-0.25, -0.2) is 0 Å². The molecule has 2 unspecified atom stereocenters. The van der Waals surface area contributed by atoms with E-state index in [9.17, 15) is 0 Å². The van der Waals surface area contributed by atoms with Crippen LogP contribution in [0.15, 0.2) is 24.3 Å². The van der Waals surface area contributed by atoms with Crippen molar-refractivity contribution in [1.82, 2.24) is 0 Å². The molecule has 2 heteroatoms. The monoisotopic (exact) mass is 400 g/mol. The molecule has 0 N–H and O–H groups in total. The number of benzene rings is 1. The normalized spacial score (nSPS) is 27.8. The molecule has 0 aromatic heterocycles. The highest BCUT2D eigenvalue weighted by Gasteiger charge is 2.31. The van der Waals surface area contributed by atoms with E-state index < -0.39 is 0 Å². The van der Waals surface area contributed by atoms with E-state index in [2.05, 4.69) is 38.1 Å². The van der Waals surface area contributed by atoms with Gasteiger partial charge >= 0.3 is 0 Å². The molecule has 0 aromatic carbocycles. The maximum absolute atomic E-state index is 6.20. The van der Waals surface area contributed by atoms with Crippen LogP contribution < -0.4 is 0 Å². The lowest BCUT2D eigenvalue weighted by atomic mass is 9.77. The molecule has 1 saturated carbocycles. The minimum absolute atomic E-state index is 0.369. The fourth-order valence-electron chi connectivity index (χ4n) is 4.98. The summed E-state index contributed by atoms with van der Waals surface area (Å²) in [5, 5.41) is 2.85. The van der Waals surface area contributed by atoms with Gasteiger partial charge in [-0.1, -0.05) is 102 Å². The van der Waals surface area contributed by atoms with E-state index in [1.165, 1.54) is 93.9 Å². The highest BCUT2D eigenvalue weighted by atomic mass is 16.6. The minimum Gasteiger partial charge on any atom is -0.373 e. The van der Waals surface area contributed by atoms with E-state index in [1.54, 1.807) is 0 Å². The standard InChI is InChI=1S/C21H40O2.C6H4/c1-3-5-7-8-9-11-20-16-23-21(17-22-20)19-14-12-18(13-15-19)10-6-4-2;1-2-6-4-3-5(1)6/h18-21H,3-17H2,1-2H3;1-4H. The van der Waals surface area contributed by atoms with Crippen LogP contribution in [0.1, 0.15) is 97.3 Å². The zero-order valence-corrected chi connectivity index (χ0v) is 19.0. The highest BCUT2D eigenvalue weighted by molar-refractivity contribution is 5.22. The van der Waals surface area contributed by atoms with Gasteiger partial charge in [-0.3, -0.25) is 0 Å². The van der Waals surface area contributed by atoms with Gasteiger partial charge in [-0.05, 0) is 41.5 Å². The molecule has 0 aromatic rings. The number of rotatable bonds is 10. The summed E-state index contributed by atoms with van der Waals surface area (Å²) in [5.74, 6) is 1.75. The van der Waals surface area contributed by atoms with E-state index in [-0.39, 0.29) is 0 Å². The van der Waals surface area contributed by atoms with Gasteiger partial charge in [0.2, 0.25) is 0 Å². The Balaban J connectivity index is 0.000000334. The second-order valence-electron chi connectivity index (χ2n) is 9.53. The maximum Gasteiger partial charge on any atom is 0.0838 e. The van der Waals surface area contributed by atoms with Gasteiger partial charge in [0.25, 0.3) is 0 Å². The van der Waals surface area contributed by atoms with Crippen molar-refractivity contribution in [2.45, 2.75) is 110 Å². The second-order valence-corrected chi connectivity index (χ2v) is 9.53. The van der Waals surface area contributed by atoms with E-state index >= 15 is 0 Å². The zero-order valence-electron chi connectivity index (χ0n) is 19.0. The third kappa shape index (κ3) is 7.40. The first-order valence-corrected chi connectivity index (χ1v) is 12.6. The van der Waals surface area contributed by atoms with E-state index in [0.29, 0.717) is 12.2 Å².